The molecule has 1 aliphatic rings. The van der Waals surface area contributed by atoms with Crippen LogP contribution in [0, 0.1) is 11.3 Å². The van der Waals surface area contributed by atoms with Crippen LogP contribution in [0.2, 0.25) is 5.02 Å². The topological polar surface area (TPSA) is 104 Å². The van der Waals surface area contributed by atoms with E-state index in [4.69, 9.17) is 36.3 Å². The van der Waals surface area contributed by atoms with Crippen LogP contribution in [-0.2, 0) is 0 Å². The van der Waals surface area contributed by atoms with Crippen molar-refractivity contribution in [3.8, 4) is 29.1 Å². The smallest absolute Gasteiger partial charge is 0.343 e. The molecule has 0 aliphatic carbocycles. The van der Waals surface area contributed by atoms with Crippen LogP contribution < -0.4 is 24.7 Å². The van der Waals surface area contributed by atoms with Gasteiger partial charge in [0.25, 0.3) is 0 Å². The fraction of sp³-hybridized carbons (Fsp3) is 0.120. The molecule has 0 saturated heterocycles. The minimum atomic E-state index is -0.565. The van der Waals surface area contributed by atoms with Crippen molar-refractivity contribution in [3.63, 3.8) is 0 Å². The maximum Gasteiger partial charge on any atom is 0.343 e. The van der Waals surface area contributed by atoms with Gasteiger partial charge in [-0.2, -0.15) is 5.26 Å². The largest absolute Gasteiger partial charge is 0.497 e. The lowest BCUT2D eigenvalue weighted by Gasteiger charge is -2.28. The molecule has 166 valence electrons. The summed E-state index contributed by atoms with van der Waals surface area (Å²) < 4.78 is 22.1. The molecule has 1 unspecified atom stereocenters. The van der Waals surface area contributed by atoms with Gasteiger partial charge in [0.2, 0.25) is 5.88 Å². The van der Waals surface area contributed by atoms with Gasteiger partial charge in [-0.25, -0.2) is 4.79 Å². The second-order valence-electron chi connectivity index (χ2n) is 7.13. The number of carbonyl (C=O) groups is 1. The van der Waals surface area contributed by atoms with E-state index in [2.05, 4.69) is 6.07 Å². The number of rotatable bonds is 5. The highest BCUT2D eigenvalue weighted by Gasteiger charge is 2.33. The van der Waals surface area contributed by atoms with Crippen molar-refractivity contribution in [2.45, 2.75) is 5.92 Å². The molecular weight excluding hydrogens is 444 g/mol. The fourth-order valence-corrected chi connectivity index (χ4v) is 3.76. The molecule has 3 aromatic rings. The summed E-state index contributed by atoms with van der Waals surface area (Å²) in [5, 5.41) is 10.3. The van der Waals surface area contributed by atoms with E-state index in [-0.39, 0.29) is 17.2 Å². The van der Waals surface area contributed by atoms with Gasteiger partial charge in [0.1, 0.15) is 34.6 Å². The molecule has 0 spiro atoms. The van der Waals surface area contributed by atoms with Gasteiger partial charge in [-0.3, -0.25) is 0 Å². The third kappa shape index (κ3) is 4.29. The van der Waals surface area contributed by atoms with E-state index in [0.29, 0.717) is 39.0 Å². The summed E-state index contributed by atoms with van der Waals surface area (Å²) in [6, 6.07) is 18.7. The van der Waals surface area contributed by atoms with Crippen molar-refractivity contribution in [2.75, 3.05) is 14.2 Å². The summed E-state index contributed by atoms with van der Waals surface area (Å²) in [4.78, 5) is 12.5. The Bertz CT molecular complexity index is 1300. The number of halogens is 1. The van der Waals surface area contributed by atoms with Crippen LogP contribution >= 0.6 is 11.6 Å². The van der Waals surface area contributed by atoms with Crippen molar-refractivity contribution in [3.05, 3.63) is 93.8 Å². The molecule has 2 N–H and O–H groups in total. The molecule has 0 fully saturated rings. The fourth-order valence-electron chi connectivity index (χ4n) is 3.64. The first-order chi connectivity index (χ1) is 15.9. The van der Waals surface area contributed by atoms with Gasteiger partial charge in [-0.15, -0.1) is 0 Å². The molecule has 7 nitrogen and oxygen atoms in total. The molecule has 33 heavy (non-hydrogen) atoms. The van der Waals surface area contributed by atoms with Gasteiger partial charge in [-0.1, -0.05) is 17.7 Å². The number of hydrogen-bond acceptors (Lipinski definition) is 7. The molecule has 1 aliphatic heterocycles. The molecule has 0 saturated carbocycles. The van der Waals surface area contributed by atoms with Crippen LogP contribution in [0.4, 0.5) is 0 Å². The van der Waals surface area contributed by atoms with Gasteiger partial charge < -0.3 is 24.7 Å². The number of esters is 1. The zero-order valence-electron chi connectivity index (χ0n) is 17.8. The van der Waals surface area contributed by atoms with Gasteiger partial charge in [0.05, 0.1) is 25.7 Å². The van der Waals surface area contributed by atoms with Gasteiger partial charge in [-0.05, 0) is 48.5 Å². The maximum atomic E-state index is 12.5. The number of nitrogens with zero attached hydrogens (tertiary/aromatic N) is 1. The minimum absolute atomic E-state index is 0.0407. The molecule has 0 bridgehead atoms. The zero-order chi connectivity index (χ0) is 23.5. The Hall–Kier alpha value is -4.15. The Morgan fingerprint density at radius 1 is 1.00 bits per heavy atom. The lowest BCUT2D eigenvalue weighted by molar-refractivity contribution is 0.0734. The lowest BCUT2D eigenvalue weighted by atomic mass is 9.83. The number of hydrogen-bond donors (Lipinski definition) is 1. The summed E-state index contributed by atoms with van der Waals surface area (Å²) in [5.74, 6) is 0.636. The van der Waals surface area contributed by atoms with Crippen molar-refractivity contribution in [1.29, 1.82) is 5.26 Å². The summed E-state index contributed by atoms with van der Waals surface area (Å²) in [6.07, 6.45) is 0. The molecule has 1 atom stereocenters. The van der Waals surface area contributed by atoms with E-state index < -0.39 is 11.9 Å². The first-order valence-electron chi connectivity index (χ1n) is 9.86. The summed E-state index contributed by atoms with van der Waals surface area (Å²) in [6.45, 7) is 0. The molecular formula is C25H19ClN2O5. The first kappa shape index (κ1) is 22.1. The molecule has 0 amide bonds. The first-order valence-corrected chi connectivity index (χ1v) is 10.2. The lowest BCUT2D eigenvalue weighted by Crippen LogP contribution is -2.21. The molecule has 1 heterocycles. The highest BCUT2D eigenvalue weighted by molar-refractivity contribution is 6.30. The summed E-state index contributed by atoms with van der Waals surface area (Å²) in [7, 11) is 3.10. The number of allylic oxidation sites excluding steroid dienone is 1. The van der Waals surface area contributed by atoms with Crippen molar-refractivity contribution in [2.24, 2.45) is 5.73 Å². The summed E-state index contributed by atoms with van der Waals surface area (Å²) >= 11 is 5.87. The number of fused-ring (bicyclic) bond motifs is 1. The predicted octanol–water partition coefficient (Wildman–Crippen LogP) is 4.79. The van der Waals surface area contributed by atoms with E-state index in [9.17, 15) is 10.1 Å². The zero-order valence-corrected chi connectivity index (χ0v) is 18.6. The standard InChI is InChI=1S/C25H19ClN2O5/c1-30-16-8-10-21(31-2)19(11-16)23-18-9-7-17(12-22(18)33-24(28)20(23)13-27)32-25(29)14-3-5-15(26)6-4-14/h3-12,23H,28H2,1-2H3. The van der Waals surface area contributed by atoms with Crippen LogP contribution in [0.15, 0.2) is 72.1 Å². The average Bonchev–Trinajstić information content (AvgIpc) is 2.83. The van der Waals surface area contributed by atoms with E-state index in [1.54, 1.807) is 74.9 Å². The third-order valence-electron chi connectivity index (χ3n) is 5.23. The van der Waals surface area contributed by atoms with E-state index in [0.717, 1.165) is 0 Å². The van der Waals surface area contributed by atoms with E-state index in [1.807, 2.05) is 0 Å². The number of nitrogens with two attached hydrogens (primary N) is 1. The monoisotopic (exact) mass is 462 g/mol. The van der Waals surface area contributed by atoms with Crippen molar-refractivity contribution >= 4 is 17.6 Å². The molecule has 4 rings (SSSR count). The second kappa shape index (κ2) is 9.15. The number of methoxy groups -OCH3 is 2. The number of nitriles is 1. The Balaban J connectivity index is 1.74. The summed E-state index contributed by atoms with van der Waals surface area (Å²) in [5.41, 5.74) is 8.03. The van der Waals surface area contributed by atoms with E-state index in [1.165, 1.54) is 0 Å². The van der Waals surface area contributed by atoms with Crippen LogP contribution in [0.1, 0.15) is 27.4 Å². The average molecular weight is 463 g/mol. The van der Waals surface area contributed by atoms with Crippen molar-refractivity contribution in [1.82, 2.24) is 0 Å². The van der Waals surface area contributed by atoms with Gasteiger partial charge >= 0.3 is 5.97 Å². The van der Waals surface area contributed by atoms with Crippen LogP contribution in [-0.4, -0.2) is 20.2 Å². The number of carbonyl (C=O) groups excluding carboxylic acids is 1. The Morgan fingerprint density at radius 2 is 1.73 bits per heavy atom. The minimum Gasteiger partial charge on any atom is -0.497 e. The Kier molecular flexibility index (Phi) is 6.11. The number of ether oxygens (including phenoxy) is 4. The Morgan fingerprint density at radius 3 is 2.39 bits per heavy atom. The van der Waals surface area contributed by atoms with Crippen LogP contribution in [0.3, 0.4) is 0 Å². The third-order valence-corrected chi connectivity index (χ3v) is 5.48. The van der Waals surface area contributed by atoms with E-state index >= 15 is 0 Å². The molecule has 8 heteroatoms. The highest BCUT2D eigenvalue weighted by Crippen LogP contribution is 2.46. The van der Waals surface area contributed by atoms with Crippen LogP contribution in [0.5, 0.6) is 23.0 Å². The highest BCUT2D eigenvalue weighted by atomic mass is 35.5. The number of benzene rings is 3. The SMILES string of the molecule is COc1ccc(OC)c(C2C(C#N)=C(N)Oc3cc(OC(=O)c4ccc(Cl)cc4)ccc32)c1. The van der Waals surface area contributed by atoms with Gasteiger partial charge in [0.15, 0.2) is 0 Å². The predicted molar refractivity (Wildman–Crippen MR) is 122 cm³/mol. The molecule has 0 aromatic heterocycles. The quantitative estimate of drug-likeness (QED) is 0.429. The normalized spacial score (nSPS) is 14.5. The van der Waals surface area contributed by atoms with Crippen molar-refractivity contribution < 1.29 is 23.7 Å². The Labute approximate surface area is 195 Å². The second-order valence-corrected chi connectivity index (χ2v) is 7.57. The van der Waals surface area contributed by atoms with Crippen LogP contribution in [0.25, 0.3) is 0 Å². The maximum absolute atomic E-state index is 12.5. The molecule has 0 radical (unpaired) electrons. The van der Waals surface area contributed by atoms with Gasteiger partial charge in [0, 0.05) is 22.2 Å². The molecule has 3 aromatic carbocycles.